The maximum Gasteiger partial charge on any atom is 0.490 e. The van der Waals surface area contributed by atoms with Crippen molar-refractivity contribution in [3.63, 3.8) is 0 Å². The average Bonchev–Trinajstić information content (AvgIpc) is 3.42. The van der Waals surface area contributed by atoms with Gasteiger partial charge in [-0.1, -0.05) is 12.1 Å². The molecule has 1 amide bonds. The predicted molar refractivity (Wildman–Crippen MR) is 116 cm³/mol. The van der Waals surface area contributed by atoms with E-state index in [-0.39, 0.29) is 11.3 Å². The van der Waals surface area contributed by atoms with Crippen molar-refractivity contribution in [2.75, 3.05) is 26.7 Å². The molecule has 1 N–H and O–H groups in total. The first-order valence-corrected chi connectivity index (χ1v) is 11.2. The number of carbonyl (C=O) groups is 2. The van der Waals surface area contributed by atoms with Crippen LogP contribution in [0.5, 0.6) is 5.75 Å². The molecule has 2 aliphatic heterocycles. The average molecular weight is 486 g/mol. The van der Waals surface area contributed by atoms with Crippen LogP contribution in [0.15, 0.2) is 29.6 Å². The molecule has 4 rings (SSSR count). The fraction of sp³-hybridized carbons (Fsp3) is 0.500. The zero-order chi connectivity index (χ0) is 24.2. The lowest BCUT2D eigenvalue weighted by molar-refractivity contribution is -0.192. The van der Waals surface area contributed by atoms with Gasteiger partial charge in [-0.15, -0.1) is 11.3 Å². The summed E-state index contributed by atoms with van der Waals surface area (Å²) in [5.74, 6) is -1.59. The van der Waals surface area contributed by atoms with Crippen LogP contribution in [0.2, 0.25) is 0 Å². The van der Waals surface area contributed by atoms with Gasteiger partial charge in [-0.05, 0) is 37.6 Å². The Labute approximate surface area is 193 Å². The first-order valence-electron chi connectivity index (χ1n) is 10.3. The molecule has 1 unspecified atom stereocenters. The number of amides is 1. The van der Waals surface area contributed by atoms with Crippen LogP contribution in [0.25, 0.3) is 0 Å². The Hall–Kier alpha value is -2.66. The monoisotopic (exact) mass is 485 g/mol. The third-order valence-corrected chi connectivity index (χ3v) is 6.57. The third-order valence-electron chi connectivity index (χ3n) is 5.75. The number of hydrogen-bond donors (Lipinski definition) is 1. The highest BCUT2D eigenvalue weighted by Gasteiger charge is 2.47. The van der Waals surface area contributed by atoms with Gasteiger partial charge in [0.05, 0.1) is 24.4 Å². The summed E-state index contributed by atoms with van der Waals surface area (Å²) in [7, 11) is 1.69. The van der Waals surface area contributed by atoms with E-state index in [4.69, 9.17) is 14.6 Å². The lowest BCUT2D eigenvalue weighted by Crippen LogP contribution is -2.31. The molecule has 2 fully saturated rings. The van der Waals surface area contributed by atoms with E-state index in [1.54, 1.807) is 18.4 Å². The van der Waals surface area contributed by atoms with Crippen molar-refractivity contribution in [2.24, 2.45) is 5.41 Å². The van der Waals surface area contributed by atoms with Crippen LogP contribution >= 0.6 is 11.3 Å². The number of likely N-dealkylation sites (tertiary alicyclic amines) is 2. The molecule has 2 aliphatic rings. The Morgan fingerprint density at radius 1 is 1.24 bits per heavy atom. The van der Waals surface area contributed by atoms with Crippen molar-refractivity contribution in [3.05, 3.63) is 45.9 Å². The third kappa shape index (κ3) is 6.67. The Morgan fingerprint density at radius 3 is 2.45 bits per heavy atom. The van der Waals surface area contributed by atoms with Crippen molar-refractivity contribution in [1.29, 1.82) is 0 Å². The molecule has 1 aromatic carbocycles. The number of carboxylic acid groups (broad SMARTS) is 1. The minimum Gasteiger partial charge on any atom is -0.497 e. The molecule has 0 radical (unpaired) electrons. The van der Waals surface area contributed by atoms with E-state index in [1.807, 2.05) is 24.0 Å². The van der Waals surface area contributed by atoms with E-state index >= 15 is 0 Å². The molecule has 0 bridgehead atoms. The number of nitrogens with zero attached hydrogens (tertiary/aromatic N) is 3. The SMILES string of the molecule is COc1ccc(CN2CCC3(CC(=O)N(Cc4csc(C)n4)C3)C2)cc1.O=C(O)C(F)(F)F. The maximum absolute atomic E-state index is 12.6. The standard InChI is InChI=1S/C20H25N3O2S.C2HF3O2/c1-15-21-17(12-26-15)11-23-14-20(9-19(23)24)7-8-22(13-20)10-16-3-5-18(25-2)6-4-16;3-2(4,5)1(6)7/h3-6,12H,7-11,13-14H2,1-2H3;(H,6,7). The van der Waals surface area contributed by atoms with E-state index in [1.165, 1.54) is 5.56 Å². The summed E-state index contributed by atoms with van der Waals surface area (Å²) >= 11 is 1.65. The Bertz CT molecular complexity index is 980. The first kappa shape index (κ1) is 25.0. The molecule has 7 nitrogen and oxygen atoms in total. The van der Waals surface area contributed by atoms with Gasteiger partial charge in [0, 0.05) is 36.9 Å². The van der Waals surface area contributed by atoms with Gasteiger partial charge in [0.15, 0.2) is 0 Å². The maximum atomic E-state index is 12.6. The normalized spacial score (nSPS) is 20.8. The van der Waals surface area contributed by atoms with Crippen LogP contribution in [-0.2, 0) is 22.7 Å². The topological polar surface area (TPSA) is 83.0 Å². The molecular formula is C22H26F3N3O4S. The molecule has 3 heterocycles. The molecule has 0 saturated carbocycles. The van der Waals surface area contributed by atoms with Crippen molar-refractivity contribution in [1.82, 2.24) is 14.8 Å². The molecule has 1 aromatic heterocycles. The summed E-state index contributed by atoms with van der Waals surface area (Å²) < 4.78 is 37.0. The summed E-state index contributed by atoms with van der Waals surface area (Å²) in [4.78, 5) is 30.4. The first-order chi connectivity index (χ1) is 15.5. The number of ether oxygens (including phenoxy) is 1. The van der Waals surface area contributed by atoms with Gasteiger partial charge in [-0.2, -0.15) is 13.2 Å². The number of rotatable bonds is 5. The molecular weight excluding hydrogens is 459 g/mol. The molecule has 2 saturated heterocycles. The molecule has 180 valence electrons. The highest BCUT2D eigenvalue weighted by atomic mass is 32.1. The minimum atomic E-state index is -5.08. The van der Waals surface area contributed by atoms with E-state index < -0.39 is 12.1 Å². The summed E-state index contributed by atoms with van der Waals surface area (Å²) in [6, 6.07) is 8.27. The van der Waals surface area contributed by atoms with Crippen molar-refractivity contribution in [2.45, 2.75) is 39.0 Å². The van der Waals surface area contributed by atoms with Gasteiger partial charge in [-0.25, -0.2) is 9.78 Å². The molecule has 1 spiro atoms. The molecule has 1 atom stereocenters. The van der Waals surface area contributed by atoms with Gasteiger partial charge in [0.2, 0.25) is 5.91 Å². The highest BCUT2D eigenvalue weighted by Crippen LogP contribution is 2.41. The van der Waals surface area contributed by atoms with Gasteiger partial charge in [0.25, 0.3) is 0 Å². The molecule has 2 aromatic rings. The minimum absolute atomic E-state index is 0.120. The second-order valence-corrected chi connectivity index (χ2v) is 9.46. The number of alkyl halides is 3. The Morgan fingerprint density at radius 2 is 1.91 bits per heavy atom. The molecule has 0 aliphatic carbocycles. The molecule has 33 heavy (non-hydrogen) atoms. The fourth-order valence-electron chi connectivity index (χ4n) is 4.23. The number of thiazole rings is 1. The predicted octanol–water partition coefficient (Wildman–Crippen LogP) is 3.72. The summed E-state index contributed by atoms with van der Waals surface area (Å²) in [5, 5.41) is 10.3. The number of aromatic nitrogens is 1. The van der Waals surface area contributed by atoms with E-state index in [2.05, 4.69) is 27.4 Å². The van der Waals surface area contributed by atoms with Crippen LogP contribution in [0, 0.1) is 12.3 Å². The van der Waals surface area contributed by atoms with Gasteiger partial charge >= 0.3 is 12.1 Å². The number of hydrogen-bond acceptors (Lipinski definition) is 6. The largest absolute Gasteiger partial charge is 0.497 e. The number of aliphatic carboxylic acids is 1. The fourth-order valence-corrected chi connectivity index (χ4v) is 4.83. The quantitative estimate of drug-likeness (QED) is 0.695. The summed E-state index contributed by atoms with van der Waals surface area (Å²) in [6.07, 6.45) is -3.31. The number of carboxylic acids is 1. The van der Waals surface area contributed by atoms with Crippen LogP contribution in [-0.4, -0.2) is 64.7 Å². The smallest absolute Gasteiger partial charge is 0.490 e. The zero-order valence-corrected chi connectivity index (χ0v) is 19.2. The zero-order valence-electron chi connectivity index (χ0n) is 18.4. The second kappa shape index (κ2) is 10.1. The van der Waals surface area contributed by atoms with Crippen LogP contribution in [0.4, 0.5) is 13.2 Å². The summed E-state index contributed by atoms with van der Waals surface area (Å²) in [5.41, 5.74) is 2.43. The highest BCUT2D eigenvalue weighted by molar-refractivity contribution is 7.09. The number of aryl methyl sites for hydroxylation is 1. The molecule has 11 heteroatoms. The van der Waals surface area contributed by atoms with Crippen LogP contribution in [0.3, 0.4) is 0 Å². The van der Waals surface area contributed by atoms with Gasteiger partial charge < -0.3 is 14.7 Å². The lowest BCUT2D eigenvalue weighted by Gasteiger charge is -2.24. The Kier molecular flexibility index (Phi) is 7.63. The number of carbonyl (C=O) groups excluding carboxylic acids is 1. The Balaban J connectivity index is 0.000000383. The van der Waals surface area contributed by atoms with Crippen LogP contribution < -0.4 is 4.74 Å². The second-order valence-electron chi connectivity index (χ2n) is 8.40. The van der Waals surface area contributed by atoms with Crippen molar-refractivity contribution in [3.8, 4) is 5.75 Å². The van der Waals surface area contributed by atoms with E-state index in [0.717, 1.165) is 49.1 Å². The number of halogens is 3. The van der Waals surface area contributed by atoms with E-state index in [0.29, 0.717) is 13.0 Å². The number of methoxy groups -OCH3 is 1. The van der Waals surface area contributed by atoms with Gasteiger partial charge in [0.1, 0.15) is 5.75 Å². The van der Waals surface area contributed by atoms with E-state index in [9.17, 15) is 18.0 Å². The lowest BCUT2D eigenvalue weighted by atomic mass is 9.86. The van der Waals surface area contributed by atoms with Crippen molar-refractivity contribution < 1.29 is 32.6 Å². The van der Waals surface area contributed by atoms with Gasteiger partial charge in [-0.3, -0.25) is 9.69 Å². The van der Waals surface area contributed by atoms with Crippen LogP contribution in [0.1, 0.15) is 29.1 Å². The van der Waals surface area contributed by atoms with Crippen molar-refractivity contribution >= 4 is 23.2 Å². The summed E-state index contributed by atoms with van der Waals surface area (Å²) in [6.45, 7) is 6.52. The number of benzene rings is 1.